The maximum Gasteiger partial charge on any atom is 0.312 e. The average Bonchev–Trinajstić information content (AvgIpc) is 2.84. The first-order chi connectivity index (χ1) is 16.8. The molecule has 0 N–H and O–H groups in total. The molecule has 5 aliphatic carbocycles. The van der Waals surface area contributed by atoms with Gasteiger partial charge in [0.05, 0.1) is 12.5 Å². The Hall–Kier alpha value is -1.71. The van der Waals surface area contributed by atoms with Crippen molar-refractivity contribution in [2.75, 3.05) is 7.11 Å². The average molecular weight is 497 g/mol. The van der Waals surface area contributed by atoms with Crippen LogP contribution in [0.15, 0.2) is 23.8 Å². The summed E-state index contributed by atoms with van der Waals surface area (Å²) in [6, 6.07) is 0. The fourth-order valence-electron chi connectivity index (χ4n) is 9.75. The highest BCUT2D eigenvalue weighted by Gasteiger charge is 2.70. The van der Waals surface area contributed by atoms with Crippen LogP contribution in [0.1, 0.15) is 100 Å². The topological polar surface area (TPSA) is 60.4 Å². The Bertz CT molecular complexity index is 1020. The second kappa shape index (κ2) is 8.67. The minimum atomic E-state index is -0.525. The van der Waals surface area contributed by atoms with Crippen LogP contribution in [0.2, 0.25) is 0 Å². The van der Waals surface area contributed by atoms with Crippen molar-refractivity contribution in [3.05, 3.63) is 23.8 Å². The molecule has 0 aromatic carbocycles. The number of ether oxygens (including phenoxy) is 1. The van der Waals surface area contributed by atoms with E-state index in [4.69, 9.17) is 4.74 Å². The predicted octanol–water partition coefficient (Wildman–Crippen LogP) is 7.12. The zero-order valence-corrected chi connectivity index (χ0v) is 24.1. The van der Waals surface area contributed by atoms with E-state index in [1.165, 1.54) is 12.7 Å². The summed E-state index contributed by atoms with van der Waals surface area (Å²) in [4.78, 5) is 40.2. The molecule has 7 unspecified atom stereocenters. The van der Waals surface area contributed by atoms with Crippen LogP contribution in [-0.4, -0.2) is 24.6 Å². The van der Waals surface area contributed by atoms with E-state index >= 15 is 0 Å². The third-order valence-corrected chi connectivity index (χ3v) is 12.0. The normalized spacial score (nSPS) is 46.6. The Kier molecular flexibility index (Phi) is 6.58. The zero-order valence-electron chi connectivity index (χ0n) is 24.1. The zero-order chi connectivity index (χ0) is 26.9. The largest absolute Gasteiger partial charge is 0.469 e. The molecule has 0 heterocycles. The van der Waals surface area contributed by atoms with E-state index < -0.39 is 10.8 Å². The maximum atomic E-state index is 14.2. The minimum Gasteiger partial charge on any atom is -0.469 e. The summed E-state index contributed by atoms with van der Waals surface area (Å²) in [5, 5.41) is 0. The summed E-state index contributed by atoms with van der Waals surface area (Å²) in [7, 11) is 1.50. The van der Waals surface area contributed by atoms with Gasteiger partial charge in [0.1, 0.15) is 0 Å². The highest BCUT2D eigenvalue weighted by molar-refractivity contribution is 5.98. The van der Waals surface area contributed by atoms with Crippen molar-refractivity contribution in [3.63, 3.8) is 0 Å². The molecule has 0 saturated heterocycles. The van der Waals surface area contributed by atoms with Crippen molar-refractivity contribution in [1.29, 1.82) is 0 Å². The van der Waals surface area contributed by atoms with Crippen molar-refractivity contribution in [1.82, 2.24) is 0 Å². The van der Waals surface area contributed by atoms with E-state index in [0.29, 0.717) is 5.92 Å². The predicted molar refractivity (Wildman–Crippen MR) is 143 cm³/mol. The van der Waals surface area contributed by atoms with Crippen molar-refractivity contribution in [3.8, 4) is 0 Å². The van der Waals surface area contributed by atoms with Gasteiger partial charge in [0.25, 0.3) is 0 Å². The molecule has 0 aliphatic heterocycles. The summed E-state index contributed by atoms with van der Waals surface area (Å²) in [5.74, 6) is 0.878. The van der Waals surface area contributed by atoms with Gasteiger partial charge in [0.2, 0.25) is 0 Å². The van der Waals surface area contributed by atoms with E-state index in [1.807, 2.05) is 19.9 Å². The van der Waals surface area contributed by atoms with Crippen molar-refractivity contribution in [2.24, 2.45) is 50.7 Å². The Morgan fingerprint density at radius 2 is 1.64 bits per heavy atom. The second-order valence-electron chi connectivity index (χ2n) is 13.6. The first-order valence-electron chi connectivity index (χ1n) is 14.4. The number of rotatable bonds is 1. The van der Waals surface area contributed by atoms with E-state index in [1.54, 1.807) is 6.08 Å². The van der Waals surface area contributed by atoms with Gasteiger partial charge in [-0.25, -0.2) is 0 Å². The monoisotopic (exact) mass is 496 g/mol. The SMILES string of the molecule is CC.COC(=O)C12CCC(C)CC1C1C(=O)C=C3C4(C)C=CC(=O)C(C)(C)C4CCC3(C)[C@]1(C)CC2. The van der Waals surface area contributed by atoms with E-state index in [0.717, 1.165) is 44.9 Å². The molecule has 4 heteroatoms. The van der Waals surface area contributed by atoms with Gasteiger partial charge in [0, 0.05) is 16.7 Å². The molecule has 36 heavy (non-hydrogen) atoms. The lowest BCUT2D eigenvalue weighted by Crippen LogP contribution is -2.65. The van der Waals surface area contributed by atoms with Crippen LogP contribution < -0.4 is 0 Å². The fourth-order valence-corrected chi connectivity index (χ4v) is 9.75. The van der Waals surface area contributed by atoms with Crippen molar-refractivity contribution < 1.29 is 19.1 Å². The van der Waals surface area contributed by atoms with E-state index in [-0.39, 0.29) is 51.5 Å². The summed E-state index contributed by atoms with van der Waals surface area (Å²) in [5.41, 5.74) is -0.376. The lowest BCUT2D eigenvalue weighted by Gasteiger charge is -2.68. The molecule has 5 rings (SSSR count). The third kappa shape index (κ3) is 3.27. The van der Waals surface area contributed by atoms with E-state index in [9.17, 15) is 14.4 Å². The Morgan fingerprint density at radius 1 is 0.972 bits per heavy atom. The first kappa shape index (κ1) is 27.3. The number of esters is 1. The van der Waals surface area contributed by atoms with Crippen molar-refractivity contribution >= 4 is 17.5 Å². The number of methoxy groups -OCH3 is 1. The maximum absolute atomic E-state index is 14.2. The smallest absolute Gasteiger partial charge is 0.312 e. The Balaban J connectivity index is 0.00000148. The van der Waals surface area contributed by atoms with Crippen LogP contribution >= 0.6 is 0 Å². The molecule has 0 bridgehead atoms. The van der Waals surface area contributed by atoms with Gasteiger partial charge >= 0.3 is 5.97 Å². The number of hydrogen-bond donors (Lipinski definition) is 0. The number of fused-ring (bicyclic) bond motifs is 7. The molecule has 3 saturated carbocycles. The molecule has 0 aromatic heterocycles. The molecular formula is C32H48O4. The number of allylic oxidation sites excluding steroid dienone is 4. The first-order valence-corrected chi connectivity index (χ1v) is 14.4. The van der Waals surface area contributed by atoms with Crippen LogP contribution in [0.5, 0.6) is 0 Å². The van der Waals surface area contributed by atoms with Crippen LogP contribution in [0.3, 0.4) is 0 Å². The van der Waals surface area contributed by atoms with Crippen LogP contribution in [0.25, 0.3) is 0 Å². The molecule has 8 atom stereocenters. The molecule has 3 fully saturated rings. The van der Waals surface area contributed by atoms with Gasteiger partial charge in [-0.3, -0.25) is 14.4 Å². The van der Waals surface area contributed by atoms with Crippen molar-refractivity contribution in [2.45, 2.75) is 100 Å². The van der Waals surface area contributed by atoms with Crippen LogP contribution in [0, 0.1) is 50.7 Å². The highest BCUT2D eigenvalue weighted by atomic mass is 16.5. The van der Waals surface area contributed by atoms with Gasteiger partial charge in [-0.2, -0.15) is 0 Å². The molecule has 0 amide bonds. The number of ketones is 2. The number of hydrogen-bond acceptors (Lipinski definition) is 4. The second-order valence-corrected chi connectivity index (χ2v) is 13.6. The lowest BCUT2D eigenvalue weighted by atomic mass is 9.35. The lowest BCUT2D eigenvalue weighted by molar-refractivity contribution is -0.187. The molecule has 0 aromatic rings. The summed E-state index contributed by atoms with van der Waals surface area (Å²) in [6.45, 7) is 17.4. The van der Waals surface area contributed by atoms with Gasteiger partial charge in [-0.15, -0.1) is 0 Å². The molecular weight excluding hydrogens is 448 g/mol. The molecule has 0 spiro atoms. The van der Waals surface area contributed by atoms with Gasteiger partial charge in [-0.1, -0.05) is 67.0 Å². The molecule has 0 radical (unpaired) electrons. The van der Waals surface area contributed by atoms with Gasteiger partial charge in [-0.05, 0) is 85.7 Å². The van der Waals surface area contributed by atoms with E-state index in [2.05, 4.69) is 47.6 Å². The van der Waals surface area contributed by atoms with Gasteiger partial charge in [0.15, 0.2) is 11.6 Å². The number of carbonyl (C=O) groups is 3. The standard InChI is InChI=1S/C30H42O4.C2H6/c1-18-8-13-30(25(33)34-7)15-14-29(6)24(19(30)16-18)20(31)17-22-27(4)11-10-23(32)26(2,3)21(27)9-12-28(22,29)5;1-2/h10-11,17-19,21,24H,8-9,12-16H2,1-7H3;1-2H3/t18?,19?,21?,24?,27?,28?,29-,30?;/m1./s1. The minimum absolute atomic E-state index is 0.0371. The number of carbonyl (C=O) groups excluding carboxylic acids is 3. The summed E-state index contributed by atoms with van der Waals surface area (Å²) < 4.78 is 5.38. The van der Waals surface area contributed by atoms with Crippen LogP contribution in [0.4, 0.5) is 0 Å². The molecule has 200 valence electrons. The summed E-state index contributed by atoms with van der Waals surface area (Å²) >= 11 is 0. The Morgan fingerprint density at radius 3 is 2.28 bits per heavy atom. The molecule has 5 aliphatic rings. The Labute approximate surface area is 218 Å². The molecule has 4 nitrogen and oxygen atoms in total. The fraction of sp³-hybridized carbons (Fsp3) is 0.781. The third-order valence-electron chi connectivity index (χ3n) is 12.0. The quantitative estimate of drug-likeness (QED) is 0.363. The van der Waals surface area contributed by atoms with Gasteiger partial charge < -0.3 is 4.74 Å². The van der Waals surface area contributed by atoms with Crippen LogP contribution in [-0.2, 0) is 19.1 Å². The highest BCUT2D eigenvalue weighted by Crippen LogP contribution is 2.73. The summed E-state index contributed by atoms with van der Waals surface area (Å²) in [6.07, 6.45) is 12.3.